The van der Waals surface area contributed by atoms with Gasteiger partial charge in [0.2, 0.25) is 0 Å². The van der Waals surface area contributed by atoms with Gasteiger partial charge in [0.25, 0.3) is 0 Å². The molecular formula is C21H23N3. The summed E-state index contributed by atoms with van der Waals surface area (Å²) in [6.45, 7) is 4.01. The highest BCUT2D eigenvalue weighted by molar-refractivity contribution is 6.14. The molecule has 1 aliphatic carbocycles. The third-order valence-electron chi connectivity index (χ3n) is 4.39. The van der Waals surface area contributed by atoms with Gasteiger partial charge in [-0.1, -0.05) is 42.5 Å². The molecule has 1 aliphatic rings. The molecule has 1 aromatic heterocycles. The average Bonchev–Trinajstić information content (AvgIpc) is 2.60. The first-order valence-corrected chi connectivity index (χ1v) is 8.39. The predicted octanol–water partition coefficient (Wildman–Crippen LogP) is 4.38. The molecule has 0 fully saturated rings. The van der Waals surface area contributed by atoms with E-state index in [0.29, 0.717) is 0 Å². The maximum absolute atomic E-state index is 4.51. The summed E-state index contributed by atoms with van der Waals surface area (Å²) >= 11 is 0. The third-order valence-corrected chi connectivity index (χ3v) is 4.39. The fraction of sp³-hybridized carbons (Fsp3) is 0.286. The number of hydrogen-bond acceptors (Lipinski definition) is 3. The Labute approximate surface area is 143 Å². The standard InChI is InChI=1S/C21H23N3/c1-15-20(16(2)24-14-23-15)21(22-3)19-11-9-18(10-12-19)13-17-7-5-4-6-8-17/h5,7-12,14H,4,6,13H2,1-3H3. The van der Waals surface area contributed by atoms with Gasteiger partial charge < -0.3 is 0 Å². The molecule has 0 aliphatic heterocycles. The Morgan fingerprint density at radius 2 is 1.75 bits per heavy atom. The SMILES string of the molecule is CN=C(c1ccc(CC2=CCCC=C2)cc1)c1c(C)ncnc1C. The largest absolute Gasteiger partial charge is 0.287 e. The number of rotatable bonds is 4. The first kappa shape index (κ1) is 16.3. The quantitative estimate of drug-likeness (QED) is 0.785. The first-order valence-electron chi connectivity index (χ1n) is 8.39. The van der Waals surface area contributed by atoms with Crippen LogP contribution >= 0.6 is 0 Å². The number of aliphatic imine (C=N–C) groups is 1. The molecule has 122 valence electrons. The lowest BCUT2D eigenvalue weighted by Crippen LogP contribution is -2.10. The number of aryl methyl sites for hydroxylation is 2. The van der Waals surface area contributed by atoms with Gasteiger partial charge >= 0.3 is 0 Å². The van der Waals surface area contributed by atoms with E-state index in [1.54, 1.807) is 6.33 Å². The highest BCUT2D eigenvalue weighted by atomic mass is 14.8. The van der Waals surface area contributed by atoms with Crippen molar-refractivity contribution < 1.29 is 0 Å². The molecule has 24 heavy (non-hydrogen) atoms. The zero-order chi connectivity index (χ0) is 16.9. The van der Waals surface area contributed by atoms with Crippen LogP contribution in [-0.4, -0.2) is 22.7 Å². The van der Waals surface area contributed by atoms with Crippen LogP contribution < -0.4 is 0 Å². The molecule has 0 saturated carbocycles. The van der Waals surface area contributed by atoms with E-state index in [2.05, 4.69) is 57.5 Å². The van der Waals surface area contributed by atoms with Crippen LogP contribution in [0.1, 0.15) is 40.9 Å². The van der Waals surface area contributed by atoms with Gasteiger partial charge in [-0.3, -0.25) is 4.99 Å². The molecule has 2 aromatic rings. The molecule has 3 rings (SSSR count). The Hall–Kier alpha value is -2.55. The summed E-state index contributed by atoms with van der Waals surface area (Å²) in [5, 5.41) is 0. The Kier molecular flexibility index (Phi) is 4.99. The van der Waals surface area contributed by atoms with Crippen molar-refractivity contribution in [2.24, 2.45) is 4.99 Å². The highest BCUT2D eigenvalue weighted by Gasteiger charge is 2.13. The van der Waals surface area contributed by atoms with Crippen LogP contribution in [0.4, 0.5) is 0 Å². The summed E-state index contributed by atoms with van der Waals surface area (Å²) in [6.07, 6.45) is 11.7. The van der Waals surface area contributed by atoms with Gasteiger partial charge in [-0.2, -0.15) is 0 Å². The van der Waals surface area contributed by atoms with E-state index in [4.69, 9.17) is 0 Å². The fourth-order valence-corrected chi connectivity index (χ4v) is 3.14. The lowest BCUT2D eigenvalue weighted by atomic mass is 9.96. The van der Waals surface area contributed by atoms with E-state index in [9.17, 15) is 0 Å². The van der Waals surface area contributed by atoms with Crippen LogP contribution in [0, 0.1) is 13.8 Å². The lowest BCUT2D eigenvalue weighted by Gasteiger charge is -2.12. The third kappa shape index (κ3) is 3.51. The van der Waals surface area contributed by atoms with Crippen LogP contribution in [0.25, 0.3) is 0 Å². The molecule has 0 amide bonds. The van der Waals surface area contributed by atoms with E-state index >= 15 is 0 Å². The summed E-state index contributed by atoms with van der Waals surface area (Å²) in [4.78, 5) is 13.2. The smallest absolute Gasteiger partial charge is 0.115 e. The van der Waals surface area contributed by atoms with Crippen molar-refractivity contribution in [1.29, 1.82) is 0 Å². The van der Waals surface area contributed by atoms with E-state index in [1.807, 2.05) is 20.9 Å². The van der Waals surface area contributed by atoms with Crippen molar-refractivity contribution in [2.75, 3.05) is 7.05 Å². The average molecular weight is 317 g/mol. The Morgan fingerprint density at radius 3 is 2.33 bits per heavy atom. The lowest BCUT2D eigenvalue weighted by molar-refractivity contribution is 0.994. The van der Waals surface area contributed by atoms with Crippen molar-refractivity contribution in [2.45, 2.75) is 33.1 Å². The number of hydrogen-bond donors (Lipinski definition) is 0. The molecule has 0 spiro atoms. The minimum absolute atomic E-state index is 0.953. The maximum atomic E-state index is 4.51. The van der Waals surface area contributed by atoms with Crippen LogP contribution in [0.15, 0.2) is 59.4 Å². The van der Waals surface area contributed by atoms with E-state index in [-0.39, 0.29) is 0 Å². The zero-order valence-corrected chi connectivity index (χ0v) is 14.6. The Morgan fingerprint density at radius 1 is 1.04 bits per heavy atom. The van der Waals surface area contributed by atoms with Crippen LogP contribution in [0.5, 0.6) is 0 Å². The Balaban J connectivity index is 1.86. The van der Waals surface area contributed by atoms with Crippen molar-refractivity contribution in [3.63, 3.8) is 0 Å². The second-order valence-corrected chi connectivity index (χ2v) is 6.12. The van der Waals surface area contributed by atoms with Gasteiger partial charge in [0, 0.05) is 18.2 Å². The fourth-order valence-electron chi connectivity index (χ4n) is 3.14. The van der Waals surface area contributed by atoms with Gasteiger partial charge in [-0.25, -0.2) is 9.97 Å². The highest BCUT2D eigenvalue weighted by Crippen LogP contribution is 2.19. The summed E-state index contributed by atoms with van der Waals surface area (Å²) in [5.74, 6) is 0. The van der Waals surface area contributed by atoms with Crippen LogP contribution in [-0.2, 0) is 6.42 Å². The molecule has 1 heterocycles. The molecule has 0 N–H and O–H groups in total. The van der Waals surface area contributed by atoms with Crippen molar-refractivity contribution in [1.82, 2.24) is 9.97 Å². The van der Waals surface area contributed by atoms with Gasteiger partial charge in [-0.05, 0) is 44.2 Å². The van der Waals surface area contributed by atoms with E-state index in [0.717, 1.165) is 47.5 Å². The minimum atomic E-state index is 0.953. The van der Waals surface area contributed by atoms with Crippen LogP contribution in [0.3, 0.4) is 0 Å². The number of benzene rings is 1. The van der Waals surface area contributed by atoms with Gasteiger partial charge in [0.05, 0.1) is 17.1 Å². The van der Waals surface area contributed by atoms with E-state index < -0.39 is 0 Å². The van der Waals surface area contributed by atoms with E-state index in [1.165, 1.54) is 11.1 Å². The summed E-state index contributed by atoms with van der Waals surface area (Å²) < 4.78 is 0. The molecule has 0 unspecified atom stereocenters. The summed E-state index contributed by atoms with van der Waals surface area (Å²) in [7, 11) is 1.83. The van der Waals surface area contributed by atoms with Crippen molar-refractivity contribution >= 4 is 5.71 Å². The monoisotopic (exact) mass is 317 g/mol. The molecule has 0 radical (unpaired) electrons. The predicted molar refractivity (Wildman–Crippen MR) is 99.7 cm³/mol. The van der Waals surface area contributed by atoms with Gasteiger partial charge in [0.15, 0.2) is 0 Å². The molecular weight excluding hydrogens is 294 g/mol. The second kappa shape index (κ2) is 7.35. The number of aromatic nitrogens is 2. The topological polar surface area (TPSA) is 38.1 Å². The molecule has 0 atom stereocenters. The molecule has 0 bridgehead atoms. The van der Waals surface area contributed by atoms with Crippen LogP contribution in [0.2, 0.25) is 0 Å². The molecule has 1 aromatic carbocycles. The van der Waals surface area contributed by atoms with Gasteiger partial charge in [-0.15, -0.1) is 0 Å². The number of allylic oxidation sites excluding steroid dienone is 4. The Bertz CT molecular complexity index is 791. The summed E-state index contributed by atoms with van der Waals surface area (Å²) in [6, 6.07) is 8.68. The molecule has 3 nitrogen and oxygen atoms in total. The normalized spacial score (nSPS) is 14.6. The second-order valence-electron chi connectivity index (χ2n) is 6.12. The van der Waals surface area contributed by atoms with Gasteiger partial charge in [0.1, 0.15) is 6.33 Å². The number of nitrogens with zero attached hydrogens (tertiary/aromatic N) is 3. The first-order chi connectivity index (χ1) is 11.7. The molecule has 0 saturated heterocycles. The summed E-state index contributed by atoms with van der Waals surface area (Å²) in [5.41, 5.74) is 7.75. The minimum Gasteiger partial charge on any atom is -0.287 e. The van der Waals surface area contributed by atoms with Crippen molar-refractivity contribution in [3.8, 4) is 0 Å². The molecule has 3 heteroatoms. The van der Waals surface area contributed by atoms with Crippen molar-refractivity contribution in [3.05, 3.63) is 82.5 Å². The maximum Gasteiger partial charge on any atom is 0.115 e. The zero-order valence-electron chi connectivity index (χ0n) is 14.6.